The topological polar surface area (TPSA) is 49.7 Å². The number of rotatable bonds is 3. The van der Waals surface area contributed by atoms with Crippen molar-refractivity contribution in [2.24, 2.45) is 0 Å². The van der Waals surface area contributed by atoms with E-state index in [1.807, 2.05) is 12.1 Å². The number of benzene rings is 1. The van der Waals surface area contributed by atoms with Crippen LogP contribution in [0.1, 0.15) is 38.0 Å². The van der Waals surface area contributed by atoms with E-state index in [-0.39, 0.29) is 12.0 Å². The lowest BCUT2D eigenvalue weighted by Gasteiger charge is -2.23. The van der Waals surface area contributed by atoms with E-state index in [0.717, 1.165) is 11.3 Å². The Balaban J connectivity index is 3.22. The molecule has 0 aliphatic carbocycles. The third kappa shape index (κ3) is 2.74. The summed E-state index contributed by atoms with van der Waals surface area (Å²) < 4.78 is 5.30. The molecule has 0 aromatic heterocycles. The fraction of sp³-hybridized carbons (Fsp3) is 0.538. The first-order valence-electron chi connectivity index (χ1n) is 5.37. The summed E-state index contributed by atoms with van der Waals surface area (Å²) >= 11 is 0. The van der Waals surface area contributed by atoms with Crippen molar-refractivity contribution < 1.29 is 14.9 Å². The predicted octanol–water partition coefficient (Wildman–Crippen LogP) is 2.02. The SMILES string of the molecule is COc1ccc(C(O)CO)cc1C(C)(C)C. The van der Waals surface area contributed by atoms with E-state index in [1.165, 1.54) is 0 Å². The molecule has 3 nitrogen and oxygen atoms in total. The second kappa shape index (κ2) is 4.85. The molecular formula is C13H20O3. The van der Waals surface area contributed by atoms with E-state index in [2.05, 4.69) is 20.8 Å². The van der Waals surface area contributed by atoms with Gasteiger partial charge >= 0.3 is 0 Å². The third-order valence-corrected chi connectivity index (χ3v) is 2.59. The summed E-state index contributed by atoms with van der Waals surface area (Å²) in [6.07, 6.45) is -0.827. The Morgan fingerprint density at radius 1 is 1.31 bits per heavy atom. The van der Waals surface area contributed by atoms with Crippen LogP contribution < -0.4 is 4.74 Å². The number of aliphatic hydroxyl groups excluding tert-OH is 2. The first-order valence-corrected chi connectivity index (χ1v) is 5.37. The van der Waals surface area contributed by atoms with Crippen LogP contribution in [0.25, 0.3) is 0 Å². The van der Waals surface area contributed by atoms with Gasteiger partial charge in [-0.3, -0.25) is 0 Å². The van der Waals surface area contributed by atoms with Crippen LogP contribution >= 0.6 is 0 Å². The van der Waals surface area contributed by atoms with Crippen molar-refractivity contribution >= 4 is 0 Å². The van der Waals surface area contributed by atoms with Gasteiger partial charge in [0.15, 0.2) is 0 Å². The minimum atomic E-state index is -0.827. The highest BCUT2D eigenvalue weighted by Crippen LogP contribution is 2.33. The van der Waals surface area contributed by atoms with Gasteiger partial charge in [0.25, 0.3) is 0 Å². The fourth-order valence-electron chi connectivity index (χ4n) is 1.62. The monoisotopic (exact) mass is 224 g/mol. The molecule has 90 valence electrons. The van der Waals surface area contributed by atoms with Crippen LogP contribution in [0.2, 0.25) is 0 Å². The van der Waals surface area contributed by atoms with E-state index < -0.39 is 6.10 Å². The zero-order chi connectivity index (χ0) is 12.3. The van der Waals surface area contributed by atoms with Gasteiger partial charge in [-0.25, -0.2) is 0 Å². The van der Waals surface area contributed by atoms with Crippen molar-refractivity contribution in [3.63, 3.8) is 0 Å². The highest BCUT2D eigenvalue weighted by molar-refractivity contribution is 5.42. The van der Waals surface area contributed by atoms with Crippen molar-refractivity contribution in [2.45, 2.75) is 32.3 Å². The molecule has 3 heteroatoms. The Morgan fingerprint density at radius 2 is 1.94 bits per heavy atom. The van der Waals surface area contributed by atoms with Crippen LogP contribution in [-0.4, -0.2) is 23.9 Å². The average Bonchev–Trinajstić information content (AvgIpc) is 2.26. The molecule has 0 fully saturated rings. The van der Waals surface area contributed by atoms with Crippen LogP contribution in [0.5, 0.6) is 5.75 Å². The van der Waals surface area contributed by atoms with Gasteiger partial charge in [0.05, 0.1) is 13.7 Å². The smallest absolute Gasteiger partial charge is 0.122 e. The summed E-state index contributed by atoms with van der Waals surface area (Å²) in [6.45, 7) is 5.98. The van der Waals surface area contributed by atoms with Crippen LogP contribution in [0.4, 0.5) is 0 Å². The van der Waals surface area contributed by atoms with Gasteiger partial charge in [-0.05, 0) is 28.7 Å². The molecule has 1 aromatic carbocycles. The second-order valence-electron chi connectivity index (χ2n) is 4.91. The number of hydrogen-bond donors (Lipinski definition) is 2. The average molecular weight is 224 g/mol. The molecule has 1 aromatic rings. The minimum Gasteiger partial charge on any atom is -0.496 e. The van der Waals surface area contributed by atoms with E-state index in [1.54, 1.807) is 13.2 Å². The van der Waals surface area contributed by atoms with Crippen molar-refractivity contribution in [1.29, 1.82) is 0 Å². The van der Waals surface area contributed by atoms with Crippen molar-refractivity contribution in [2.75, 3.05) is 13.7 Å². The number of ether oxygens (including phenoxy) is 1. The Kier molecular flexibility index (Phi) is 3.94. The summed E-state index contributed by atoms with van der Waals surface area (Å²) in [6, 6.07) is 5.49. The number of aliphatic hydroxyl groups is 2. The lowest BCUT2D eigenvalue weighted by atomic mass is 9.85. The zero-order valence-corrected chi connectivity index (χ0v) is 10.3. The molecule has 0 saturated carbocycles. The Labute approximate surface area is 96.7 Å². The lowest BCUT2D eigenvalue weighted by Crippen LogP contribution is -2.14. The summed E-state index contributed by atoms with van der Waals surface area (Å²) in [5, 5.41) is 18.5. The molecule has 2 N–H and O–H groups in total. The largest absolute Gasteiger partial charge is 0.496 e. The van der Waals surface area contributed by atoms with Crippen molar-refractivity contribution in [3.05, 3.63) is 29.3 Å². The van der Waals surface area contributed by atoms with Crippen LogP contribution in [-0.2, 0) is 5.41 Å². The lowest BCUT2D eigenvalue weighted by molar-refractivity contribution is 0.0954. The molecule has 0 spiro atoms. The van der Waals surface area contributed by atoms with Gasteiger partial charge in [0, 0.05) is 0 Å². The summed E-state index contributed by atoms with van der Waals surface area (Å²) in [4.78, 5) is 0. The van der Waals surface area contributed by atoms with Gasteiger partial charge in [-0.15, -0.1) is 0 Å². The Hall–Kier alpha value is -1.06. The van der Waals surface area contributed by atoms with Crippen molar-refractivity contribution in [1.82, 2.24) is 0 Å². The Bertz CT molecular complexity index is 353. The summed E-state index contributed by atoms with van der Waals surface area (Å²) in [5.41, 5.74) is 1.68. The van der Waals surface area contributed by atoms with Gasteiger partial charge in [-0.1, -0.05) is 26.8 Å². The second-order valence-corrected chi connectivity index (χ2v) is 4.91. The molecule has 0 bridgehead atoms. The maximum atomic E-state index is 9.59. The molecule has 0 radical (unpaired) electrons. The molecule has 1 atom stereocenters. The number of methoxy groups -OCH3 is 1. The maximum Gasteiger partial charge on any atom is 0.122 e. The van der Waals surface area contributed by atoms with E-state index in [4.69, 9.17) is 9.84 Å². The quantitative estimate of drug-likeness (QED) is 0.825. The third-order valence-electron chi connectivity index (χ3n) is 2.59. The van der Waals surface area contributed by atoms with Crippen LogP contribution in [0.3, 0.4) is 0 Å². The van der Waals surface area contributed by atoms with Gasteiger partial charge in [0.1, 0.15) is 11.9 Å². The molecular weight excluding hydrogens is 204 g/mol. The highest BCUT2D eigenvalue weighted by Gasteiger charge is 2.20. The molecule has 0 aliphatic rings. The van der Waals surface area contributed by atoms with Crippen LogP contribution in [0.15, 0.2) is 18.2 Å². The van der Waals surface area contributed by atoms with E-state index in [0.29, 0.717) is 5.56 Å². The minimum absolute atomic E-state index is 0.0590. The van der Waals surface area contributed by atoms with Gasteiger partial charge < -0.3 is 14.9 Å². The molecule has 0 aliphatic heterocycles. The maximum absolute atomic E-state index is 9.59. The number of hydrogen-bond acceptors (Lipinski definition) is 3. The normalized spacial score (nSPS) is 13.6. The molecule has 1 unspecified atom stereocenters. The van der Waals surface area contributed by atoms with Gasteiger partial charge in [-0.2, -0.15) is 0 Å². The first-order chi connectivity index (χ1) is 7.40. The van der Waals surface area contributed by atoms with Crippen LogP contribution in [0, 0.1) is 0 Å². The Morgan fingerprint density at radius 3 is 2.38 bits per heavy atom. The summed E-state index contributed by atoms with van der Waals surface area (Å²) in [5.74, 6) is 0.807. The summed E-state index contributed by atoms with van der Waals surface area (Å²) in [7, 11) is 1.63. The molecule has 0 saturated heterocycles. The molecule has 1 rings (SSSR count). The fourth-order valence-corrected chi connectivity index (χ4v) is 1.62. The van der Waals surface area contributed by atoms with Crippen molar-refractivity contribution in [3.8, 4) is 5.75 Å². The van der Waals surface area contributed by atoms with E-state index in [9.17, 15) is 5.11 Å². The molecule has 0 amide bonds. The first kappa shape index (κ1) is 13.0. The molecule has 16 heavy (non-hydrogen) atoms. The van der Waals surface area contributed by atoms with Gasteiger partial charge in [0.2, 0.25) is 0 Å². The zero-order valence-electron chi connectivity index (χ0n) is 10.3. The standard InChI is InChI=1S/C13H20O3/c1-13(2,3)10-7-9(11(15)8-14)5-6-12(10)16-4/h5-7,11,14-15H,8H2,1-4H3. The highest BCUT2D eigenvalue weighted by atomic mass is 16.5. The van der Waals surface area contributed by atoms with E-state index >= 15 is 0 Å². The predicted molar refractivity (Wildman–Crippen MR) is 63.7 cm³/mol. The molecule has 0 heterocycles.